The molecule has 4 heteroatoms. The summed E-state index contributed by atoms with van der Waals surface area (Å²) in [6, 6.07) is 4.91. The molecule has 1 fully saturated rings. The minimum absolute atomic E-state index is 0.0498. The van der Waals surface area contributed by atoms with Crippen molar-refractivity contribution in [2.75, 3.05) is 13.2 Å². The van der Waals surface area contributed by atoms with E-state index in [0.717, 1.165) is 31.4 Å². The molecule has 0 amide bonds. The van der Waals surface area contributed by atoms with Crippen LogP contribution in [0.15, 0.2) is 18.2 Å². The van der Waals surface area contributed by atoms with E-state index in [1.54, 1.807) is 12.1 Å². The van der Waals surface area contributed by atoms with Crippen molar-refractivity contribution < 1.29 is 14.2 Å². The maximum absolute atomic E-state index is 13.8. The van der Waals surface area contributed by atoms with E-state index in [1.807, 2.05) is 13.8 Å². The van der Waals surface area contributed by atoms with Crippen LogP contribution >= 0.6 is 0 Å². The van der Waals surface area contributed by atoms with Crippen molar-refractivity contribution in [3.8, 4) is 5.75 Å². The molecule has 0 spiro atoms. The second-order valence-corrected chi connectivity index (χ2v) is 5.74. The van der Waals surface area contributed by atoms with E-state index in [0.29, 0.717) is 12.2 Å². The molecule has 0 aliphatic heterocycles. The van der Waals surface area contributed by atoms with E-state index in [1.165, 1.54) is 6.07 Å². The minimum atomic E-state index is -0.320. The summed E-state index contributed by atoms with van der Waals surface area (Å²) in [5, 5.41) is 13.0. The number of ether oxygens (including phenoxy) is 1. The zero-order chi connectivity index (χ0) is 14.6. The molecule has 2 unspecified atom stereocenters. The molecule has 0 bridgehead atoms. The van der Waals surface area contributed by atoms with Gasteiger partial charge in [-0.05, 0) is 50.4 Å². The number of halogens is 1. The highest BCUT2D eigenvalue weighted by atomic mass is 19.1. The Kier molecular flexibility index (Phi) is 5.00. The van der Waals surface area contributed by atoms with Gasteiger partial charge in [-0.2, -0.15) is 0 Å². The van der Waals surface area contributed by atoms with Gasteiger partial charge in [-0.25, -0.2) is 4.39 Å². The van der Waals surface area contributed by atoms with Crippen molar-refractivity contribution in [2.45, 2.75) is 51.2 Å². The van der Waals surface area contributed by atoms with Gasteiger partial charge in [0.1, 0.15) is 6.10 Å². The van der Waals surface area contributed by atoms with Crippen molar-refractivity contribution in [3.05, 3.63) is 29.6 Å². The number of nitrogens with one attached hydrogen (secondary N) is 1. The fourth-order valence-corrected chi connectivity index (χ4v) is 3.02. The van der Waals surface area contributed by atoms with Crippen molar-refractivity contribution in [1.29, 1.82) is 0 Å². The number of hydrogen-bond donors (Lipinski definition) is 2. The molecule has 1 aliphatic carbocycles. The Labute approximate surface area is 120 Å². The Morgan fingerprint density at radius 1 is 1.50 bits per heavy atom. The predicted molar refractivity (Wildman–Crippen MR) is 77.5 cm³/mol. The van der Waals surface area contributed by atoms with Crippen LogP contribution < -0.4 is 10.1 Å². The standard InChI is InChI=1S/C16H24FNO2/c1-3-18-16(11-19)8-4-5-13(10-16)20-15-9-12(2)6-7-14(15)17/h6-7,9,13,18-19H,3-5,8,10-11H2,1-2H3. The van der Waals surface area contributed by atoms with Gasteiger partial charge < -0.3 is 15.2 Å². The average molecular weight is 281 g/mol. The number of aliphatic hydroxyl groups excluding tert-OH is 1. The third kappa shape index (κ3) is 3.49. The number of aliphatic hydroxyl groups is 1. The molecule has 20 heavy (non-hydrogen) atoms. The molecule has 0 aromatic heterocycles. The van der Waals surface area contributed by atoms with Crippen molar-refractivity contribution in [3.63, 3.8) is 0 Å². The monoisotopic (exact) mass is 281 g/mol. The quantitative estimate of drug-likeness (QED) is 0.872. The number of hydrogen-bond acceptors (Lipinski definition) is 3. The SMILES string of the molecule is CCNC1(CO)CCCC(Oc2cc(C)ccc2F)C1. The van der Waals surface area contributed by atoms with Gasteiger partial charge in [0.25, 0.3) is 0 Å². The third-order valence-corrected chi connectivity index (χ3v) is 4.03. The number of likely N-dealkylation sites (N-methyl/N-ethyl adjacent to an activating group) is 1. The molecule has 0 radical (unpaired) electrons. The van der Waals surface area contributed by atoms with Gasteiger partial charge in [0, 0.05) is 12.0 Å². The van der Waals surface area contributed by atoms with Crippen LogP contribution in [0.2, 0.25) is 0 Å². The largest absolute Gasteiger partial charge is 0.487 e. The number of aryl methyl sites for hydroxylation is 1. The Morgan fingerprint density at radius 3 is 3.00 bits per heavy atom. The smallest absolute Gasteiger partial charge is 0.165 e. The fourth-order valence-electron chi connectivity index (χ4n) is 3.02. The summed E-state index contributed by atoms with van der Waals surface area (Å²) in [7, 11) is 0. The van der Waals surface area contributed by atoms with Crippen LogP contribution in [0, 0.1) is 12.7 Å². The summed E-state index contributed by atoms with van der Waals surface area (Å²) >= 11 is 0. The second kappa shape index (κ2) is 6.55. The highest BCUT2D eigenvalue weighted by Crippen LogP contribution is 2.32. The highest BCUT2D eigenvalue weighted by Gasteiger charge is 2.36. The van der Waals surface area contributed by atoms with E-state index >= 15 is 0 Å². The van der Waals surface area contributed by atoms with Gasteiger partial charge in [0.15, 0.2) is 11.6 Å². The Hall–Kier alpha value is -1.13. The first-order valence-electron chi connectivity index (χ1n) is 7.37. The van der Waals surface area contributed by atoms with Crippen LogP contribution in [-0.2, 0) is 0 Å². The maximum Gasteiger partial charge on any atom is 0.165 e. The van der Waals surface area contributed by atoms with Crippen LogP contribution in [0.4, 0.5) is 4.39 Å². The second-order valence-electron chi connectivity index (χ2n) is 5.74. The fraction of sp³-hybridized carbons (Fsp3) is 0.625. The maximum atomic E-state index is 13.8. The summed E-state index contributed by atoms with van der Waals surface area (Å²) in [6.45, 7) is 4.86. The Bertz CT molecular complexity index is 448. The van der Waals surface area contributed by atoms with E-state index < -0.39 is 0 Å². The predicted octanol–water partition coefficient (Wildman–Crippen LogP) is 2.80. The summed E-state index contributed by atoms with van der Waals surface area (Å²) in [6.07, 6.45) is 3.48. The lowest BCUT2D eigenvalue weighted by atomic mass is 9.80. The molecule has 112 valence electrons. The summed E-state index contributed by atoms with van der Waals surface area (Å²) in [5.41, 5.74) is 0.704. The summed E-state index contributed by atoms with van der Waals surface area (Å²) in [4.78, 5) is 0. The minimum Gasteiger partial charge on any atom is -0.487 e. The average Bonchev–Trinajstić information content (AvgIpc) is 2.44. The first-order chi connectivity index (χ1) is 9.58. The molecule has 0 heterocycles. The molecule has 2 N–H and O–H groups in total. The van der Waals surface area contributed by atoms with Gasteiger partial charge in [-0.1, -0.05) is 13.0 Å². The van der Waals surface area contributed by atoms with Crippen LogP contribution in [0.3, 0.4) is 0 Å². The first kappa shape index (κ1) is 15.3. The molecular weight excluding hydrogens is 257 g/mol. The lowest BCUT2D eigenvalue weighted by Gasteiger charge is -2.40. The highest BCUT2D eigenvalue weighted by molar-refractivity contribution is 5.29. The number of benzene rings is 1. The molecule has 1 aliphatic rings. The van der Waals surface area contributed by atoms with Crippen LogP contribution in [0.5, 0.6) is 5.75 Å². The lowest BCUT2D eigenvalue weighted by molar-refractivity contribution is 0.0501. The van der Waals surface area contributed by atoms with Gasteiger partial charge in [0.2, 0.25) is 0 Å². The number of rotatable bonds is 5. The summed E-state index contributed by atoms with van der Waals surface area (Å²) < 4.78 is 19.6. The van der Waals surface area contributed by atoms with Crippen LogP contribution in [0.25, 0.3) is 0 Å². The molecule has 1 aromatic carbocycles. The van der Waals surface area contributed by atoms with Gasteiger partial charge in [-0.15, -0.1) is 0 Å². The topological polar surface area (TPSA) is 41.5 Å². The van der Waals surface area contributed by atoms with Crippen molar-refractivity contribution in [1.82, 2.24) is 5.32 Å². The first-order valence-corrected chi connectivity index (χ1v) is 7.37. The van der Waals surface area contributed by atoms with Crippen LogP contribution in [-0.4, -0.2) is 29.9 Å². The van der Waals surface area contributed by atoms with Gasteiger partial charge in [-0.3, -0.25) is 0 Å². The van der Waals surface area contributed by atoms with E-state index in [9.17, 15) is 9.50 Å². The van der Waals surface area contributed by atoms with Crippen LogP contribution in [0.1, 0.15) is 38.2 Å². The van der Waals surface area contributed by atoms with Gasteiger partial charge >= 0.3 is 0 Å². The normalized spacial score (nSPS) is 26.5. The third-order valence-electron chi connectivity index (χ3n) is 4.03. The molecule has 0 saturated heterocycles. The Balaban J connectivity index is 2.07. The van der Waals surface area contributed by atoms with Crippen molar-refractivity contribution >= 4 is 0 Å². The van der Waals surface area contributed by atoms with E-state index in [4.69, 9.17) is 4.74 Å². The Morgan fingerprint density at radius 2 is 2.30 bits per heavy atom. The molecule has 3 nitrogen and oxygen atoms in total. The van der Waals surface area contributed by atoms with E-state index in [2.05, 4.69) is 5.32 Å². The zero-order valence-electron chi connectivity index (χ0n) is 12.3. The molecule has 2 rings (SSSR count). The molecule has 2 atom stereocenters. The zero-order valence-corrected chi connectivity index (χ0v) is 12.3. The lowest BCUT2D eigenvalue weighted by Crippen LogP contribution is -2.53. The summed E-state index contributed by atoms with van der Waals surface area (Å²) in [5.74, 6) is -0.000499. The van der Waals surface area contributed by atoms with E-state index in [-0.39, 0.29) is 24.1 Å². The van der Waals surface area contributed by atoms with Crippen molar-refractivity contribution in [2.24, 2.45) is 0 Å². The molecule has 1 saturated carbocycles. The molecule has 1 aromatic rings. The van der Waals surface area contributed by atoms with Gasteiger partial charge in [0.05, 0.1) is 6.61 Å². The molecular formula is C16H24FNO2.